The Kier molecular flexibility index (Phi) is 7.60. The summed E-state index contributed by atoms with van der Waals surface area (Å²) in [5.41, 5.74) is 0.762. The average Bonchev–Trinajstić information content (AvgIpc) is 2.38. The molecule has 1 aromatic rings. The quantitative estimate of drug-likeness (QED) is 0.586. The maximum absolute atomic E-state index is 12.1. The van der Waals surface area contributed by atoms with Crippen molar-refractivity contribution in [3.63, 3.8) is 0 Å². The Hall–Kier alpha value is -1.00. The summed E-state index contributed by atoms with van der Waals surface area (Å²) in [6, 6.07) is 7.75. The number of rotatable bonds is 8. The highest BCUT2D eigenvalue weighted by atomic mass is 32.2. The fraction of sp³-hybridized carbons (Fsp3) is 0.533. The first-order valence-electron chi connectivity index (χ1n) is 6.76. The van der Waals surface area contributed by atoms with Gasteiger partial charge in [0.25, 0.3) is 5.91 Å². The molecule has 106 valence electrons. The van der Waals surface area contributed by atoms with E-state index in [2.05, 4.69) is 19.2 Å². The Bertz CT molecular complexity index is 393. The van der Waals surface area contributed by atoms with E-state index in [1.165, 1.54) is 0 Å². The summed E-state index contributed by atoms with van der Waals surface area (Å²) in [5.74, 6) is 0.000230. The molecular formula is C15H23NO2S. The molecule has 0 saturated carbocycles. The Morgan fingerprint density at radius 1 is 1.37 bits per heavy atom. The molecule has 1 aromatic carbocycles. The standard InChI is InChI=1S/C15H23NO2S/c1-4-18-11-7-10-16-15(17)13-8-5-6-9-14(13)19-12(2)3/h5-6,8-9,12H,4,7,10-11H2,1-3H3,(H,16,17). The maximum atomic E-state index is 12.1. The SMILES string of the molecule is CCOCCCNC(=O)c1ccccc1SC(C)C. The lowest BCUT2D eigenvalue weighted by atomic mass is 10.2. The number of benzene rings is 1. The van der Waals surface area contributed by atoms with Gasteiger partial charge in [-0.05, 0) is 25.5 Å². The number of carbonyl (C=O) groups excluding carboxylic acids is 1. The van der Waals surface area contributed by atoms with Crippen LogP contribution >= 0.6 is 11.8 Å². The van der Waals surface area contributed by atoms with E-state index in [1.807, 2.05) is 31.2 Å². The van der Waals surface area contributed by atoms with Crippen molar-refractivity contribution in [1.82, 2.24) is 5.32 Å². The van der Waals surface area contributed by atoms with E-state index in [-0.39, 0.29) is 5.91 Å². The molecule has 1 amide bonds. The van der Waals surface area contributed by atoms with Crippen LogP contribution in [0.25, 0.3) is 0 Å². The van der Waals surface area contributed by atoms with Crippen LogP contribution in [0.15, 0.2) is 29.2 Å². The van der Waals surface area contributed by atoms with Crippen molar-refractivity contribution in [2.45, 2.75) is 37.3 Å². The molecule has 19 heavy (non-hydrogen) atoms. The van der Waals surface area contributed by atoms with Gasteiger partial charge < -0.3 is 10.1 Å². The molecule has 0 unspecified atom stereocenters. The summed E-state index contributed by atoms with van der Waals surface area (Å²) in [5, 5.41) is 3.40. The van der Waals surface area contributed by atoms with Crippen molar-refractivity contribution < 1.29 is 9.53 Å². The van der Waals surface area contributed by atoms with E-state index in [1.54, 1.807) is 11.8 Å². The molecule has 1 rings (SSSR count). The molecule has 0 aliphatic rings. The van der Waals surface area contributed by atoms with Gasteiger partial charge in [0.05, 0.1) is 5.56 Å². The summed E-state index contributed by atoms with van der Waals surface area (Å²) in [6.07, 6.45) is 0.846. The van der Waals surface area contributed by atoms with Crippen molar-refractivity contribution in [1.29, 1.82) is 0 Å². The van der Waals surface area contributed by atoms with E-state index >= 15 is 0 Å². The average molecular weight is 281 g/mol. The van der Waals surface area contributed by atoms with Crippen LogP contribution in [0.3, 0.4) is 0 Å². The largest absolute Gasteiger partial charge is 0.382 e. The zero-order chi connectivity index (χ0) is 14.1. The van der Waals surface area contributed by atoms with Crippen LogP contribution in [0.2, 0.25) is 0 Å². The molecule has 0 atom stereocenters. The lowest BCUT2D eigenvalue weighted by molar-refractivity contribution is 0.0941. The minimum Gasteiger partial charge on any atom is -0.382 e. The molecule has 0 aromatic heterocycles. The van der Waals surface area contributed by atoms with Crippen LogP contribution < -0.4 is 5.32 Å². The van der Waals surface area contributed by atoms with Crippen LogP contribution in [0.4, 0.5) is 0 Å². The molecule has 0 fully saturated rings. The van der Waals surface area contributed by atoms with Gasteiger partial charge in [-0.3, -0.25) is 4.79 Å². The number of nitrogens with one attached hydrogen (secondary N) is 1. The second kappa shape index (κ2) is 8.99. The minimum atomic E-state index is 0.000230. The van der Waals surface area contributed by atoms with Gasteiger partial charge >= 0.3 is 0 Å². The van der Waals surface area contributed by atoms with Crippen LogP contribution in [-0.4, -0.2) is 30.9 Å². The smallest absolute Gasteiger partial charge is 0.252 e. The van der Waals surface area contributed by atoms with E-state index in [0.717, 1.165) is 23.5 Å². The van der Waals surface area contributed by atoms with E-state index in [9.17, 15) is 4.79 Å². The Morgan fingerprint density at radius 3 is 2.79 bits per heavy atom. The molecule has 0 spiro atoms. The van der Waals surface area contributed by atoms with Crippen molar-refractivity contribution in [3.8, 4) is 0 Å². The van der Waals surface area contributed by atoms with Gasteiger partial charge in [-0.2, -0.15) is 0 Å². The van der Waals surface area contributed by atoms with Gasteiger partial charge in [0.1, 0.15) is 0 Å². The van der Waals surface area contributed by atoms with Gasteiger partial charge in [-0.15, -0.1) is 11.8 Å². The van der Waals surface area contributed by atoms with Crippen molar-refractivity contribution in [2.24, 2.45) is 0 Å². The van der Waals surface area contributed by atoms with Gasteiger partial charge in [0.15, 0.2) is 0 Å². The molecule has 0 heterocycles. The third kappa shape index (κ3) is 6.12. The summed E-state index contributed by atoms with van der Waals surface area (Å²) >= 11 is 1.72. The topological polar surface area (TPSA) is 38.3 Å². The number of hydrogen-bond donors (Lipinski definition) is 1. The first-order chi connectivity index (χ1) is 9.15. The molecule has 0 aliphatic heterocycles. The lowest BCUT2D eigenvalue weighted by Gasteiger charge is -2.11. The molecule has 4 heteroatoms. The molecule has 0 bridgehead atoms. The highest BCUT2D eigenvalue weighted by Gasteiger charge is 2.11. The van der Waals surface area contributed by atoms with Crippen LogP contribution in [-0.2, 0) is 4.74 Å². The molecule has 1 N–H and O–H groups in total. The number of thioether (sulfide) groups is 1. The highest BCUT2D eigenvalue weighted by molar-refractivity contribution is 8.00. The number of ether oxygens (including phenoxy) is 1. The van der Waals surface area contributed by atoms with Gasteiger partial charge in [-0.25, -0.2) is 0 Å². The molecule has 0 aliphatic carbocycles. The fourth-order valence-corrected chi connectivity index (χ4v) is 2.58. The second-order valence-corrected chi connectivity index (χ2v) is 6.09. The predicted molar refractivity (Wildman–Crippen MR) is 80.9 cm³/mol. The predicted octanol–water partition coefficient (Wildman–Crippen LogP) is 3.34. The summed E-state index contributed by atoms with van der Waals surface area (Å²) in [6.45, 7) is 8.29. The third-order valence-corrected chi connectivity index (χ3v) is 3.53. The van der Waals surface area contributed by atoms with E-state index in [0.29, 0.717) is 18.4 Å². The van der Waals surface area contributed by atoms with Gasteiger partial charge in [-0.1, -0.05) is 26.0 Å². The Morgan fingerprint density at radius 2 is 2.11 bits per heavy atom. The molecular weight excluding hydrogens is 258 g/mol. The van der Waals surface area contributed by atoms with E-state index in [4.69, 9.17) is 4.74 Å². The van der Waals surface area contributed by atoms with Gasteiger partial charge in [0, 0.05) is 29.9 Å². The van der Waals surface area contributed by atoms with Crippen LogP contribution in [0.5, 0.6) is 0 Å². The molecule has 0 radical (unpaired) electrons. The first-order valence-corrected chi connectivity index (χ1v) is 7.64. The van der Waals surface area contributed by atoms with Crippen molar-refractivity contribution in [3.05, 3.63) is 29.8 Å². The number of hydrogen-bond acceptors (Lipinski definition) is 3. The zero-order valence-corrected chi connectivity index (χ0v) is 12.8. The monoisotopic (exact) mass is 281 g/mol. The van der Waals surface area contributed by atoms with E-state index < -0.39 is 0 Å². The third-order valence-electron chi connectivity index (χ3n) is 2.45. The summed E-state index contributed by atoms with van der Waals surface area (Å²) < 4.78 is 5.24. The lowest BCUT2D eigenvalue weighted by Crippen LogP contribution is -2.25. The summed E-state index contributed by atoms with van der Waals surface area (Å²) in [4.78, 5) is 13.2. The van der Waals surface area contributed by atoms with Crippen molar-refractivity contribution in [2.75, 3.05) is 19.8 Å². The maximum Gasteiger partial charge on any atom is 0.252 e. The zero-order valence-electron chi connectivity index (χ0n) is 11.9. The van der Waals surface area contributed by atoms with Crippen LogP contribution in [0.1, 0.15) is 37.6 Å². The fourth-order valence-electron chi connectivity index (χ4n) is 1.63. The van der Waals surface area contributed by atoms with Crippen molar-refractivity contribution >= 4 is 17.7 Å². The Labute approximate surface area is 120 Å². The minimum absolute atomic E-state index is 0.000230. The number of amides is 1. The first kappa shape index (κ1) is 16.1. The number of carbonyl (C=O) groups is 1. The van der Waals surface area contributed by atoms with Gasteiger partial charge in [0.2, 0.25) is 0 Å². The molecule has 0 saturated heterocycles. The normalized spacial score (nSPS) is 10.7. The second-order valence-electron chi connectivity index (χ2n) is 4.47. The Balaban J connectivity index is 2.51. The molecule has 3 nitrogen and oxygen atoms in total. The van der Waals surface area contributed by atoms with Crippen LogP contribution in [0, 0.1) is 0 Å². The highest BCUT2D eigenvalue weighted by Crippen LogP contribution is 2.26. The summed E-state index contributed by atoms with van der Waals surface area (Å²) in [7, 11) is 0.